The molecule has 0 fully saturated rings. The first-order valence-corrected chi connectivity index (χ1v) is 5.52. The van der Waals surface area contributed by atoms with Gasteiger partial charge in [0.1, 0.15) is 12.4 Å². The molecule has 0 radical (unpaired) electrons. The van der Waals surface area contributed by atoms with E-state index in [1.54, 1.807) is 19.9 Å². The van der Waals surface area contributed by atoms with Gasteiger partial charge in [-0.05, 0) is 31.9 Å². The van der Waals surface area contributed by atoms with E-state index in [9.17, 15) is 4.79 Å². The predicted molar refractivity (Wildman–Crippen MR) is 67.3 cm³/mol. The Balaban J connectivity index is 2.75. The third kappa shape index (κ3) is 3.63. The molecule has 0 saturated carbocycles. The number of benzene rings is 1. The summed E-state index contributed by atoms with van der Waals surface area (Å²) in [6.07, 6.45) is 2.51. The minimum absolute atomic E-state index is 0.149. The van der Waals surface area contributed by atoms with E-state index in [2.05, 4.69) is 6.58 Å². The zero-order chi connectivity index (χ0) is 12.9. The number of rotatable bonds is 6. The van der Waals surface area contributed by atoms with Crippen molar-refractivity contribution in [2.75, 3.05) is 6.61 Å². The number of carboxylic acid groups (broad SMARTS) is 1. The summed E-state index contributed by atoms with van der Waals surface area (Å²) in [4.78, 5) is 11.0. The number of ether oxygens (including phenoxy) is 1. The monoisotopic (exact) mass is 234 g/mol. The largest absolute Gasteiger partial charge is 0.492 e. The molecule has 0 aliphatic heterocycles. The number of para-hydroxylation sites is 1. The van der Waals surface area contributed by atoms with E-state index in [0.29, 0.717) is 6.42 Å². The molecule has 1 N–H and O–H groups in total. The maximum Gasteiger partial charge on any atom is 0.312 e. The van der Waals surface area contributed by atoms with Crippen molar-refractivity contribution in [1.29, 1.82) is 0 Å². The van der Waals surface area contributed by atoms with E-state index >= 15 is 0 Å². The second kappa shape index (κ2) is 5.53. The summed E-state index contributed by atoms with van der Waals surface area (Å²) in [5.41, 5.74) is 0.130. The van der Waals surface area contributed by atoms with Crippen LogP contribution in [0.25, 0.3) is 0 Å². The number of carbonyl (C=O) groups is 1. The minimum Gasteiger partial charge on any atom is -0.492 e. The molecule has 0 saturated heterocycles. The highest BCUT2D eigenvalue weighted by Gasteiger charge is 2.28. The van der Waals surface area contributed by atoms with Crippen LogP contribution in [0.3, 0.4) is 0 Å². The minimum atomic E-state index is -0.888. The highest BCUT2D eigenvalue weighted by atomic mass is 16.5. The average Bonchev–Trinajstić information content (AvgIpc) is 2.28. The van der Waals surface area contributed by atoms with Crippen LogP contribution < -0.4 is 4.74 Å². The Bertz CT molecular complexity index is 408. The van der Waals surface area contributed by atoms with Gasteiger partial charge in [-0.3, -0.25) is 4.79 Å². The van der Waals surface area contributed by atoms with Crippen LogP contribution in [0.1, 0.15) is 19.4 Å². The average molecular weight is 234 g/mol. The van der Waals surface area contributed by atoms with Gasteiger partial charge < -0.3 is 9.84 Å². The molecule has 1 aromatic rings. The second-order valence-electron chi connectivity index (χ2n) is 4.58. The van der Waals surface area contributed by atoms with E-state index in [1.807, 2.05) is 24.3 Å². The van der Waals surface area contributed by atoms with Gasteiger partial charge in [0.25, 0.3) is 0 Å². The molecule has 0 unspecified atom stereocenters. The molecule has 3 nitrogen and oxygen atoms in total. The molecule has 0 atom stereocenters. The quantitative estimate of drug-likeness (QED) is 0.770. The van der Waals surface area contributed by atoms with Crippen LogP contribution in [0.2, 0.25) is 0 Å². The topological polar surface area (TPSA) is 46.5 Å². The van der Waals surface area contributed by atoms with Gasteiger partial charge in [0, 0.05) is 0 Å². The summed E-state index contributed by atoms with van der Waals surface area (Å²) >= 11 is 0. The molecule has 0 heterocycles. The lowest BCUT2D eigenvalue weighted by molar-refractivity contribution is -0.148. The summed E-state index contributed by atoms with van der Waals surface area (Å²) in [6.45, 7) is 7.12. The fourth-order valence-corrected chi connectivity index (χ4v) is 1.29. The van der Waals surface area contributed by atoms with E-state index in [0.717, 1.165) is 11.3 Å². The van der Waals surface area contributed by atoms with Gasteiger partial charge in [-0.25, -0.2) is 0 Å². The molecule has 0 amide bonds. The first kappa shape index (κ1) is 13.3. The predicted octanol–water partition coefficient (Wildman–Crippen LogP) is 2.90. The molecule has 92 valence electrons. The van der Waals surface area contributed by atoms with Crippen LogP contribution >= 0.6 is 0 Å². The molecule has 0 spiro atoms. The van der Waals surface area contributed by atoms with Crippen molar-refractivity contribution < 1.29 is 14.6 Å². The number of carboxylic acids is 1. The molecule has 0 bridgehead atoms. The van der Waals surface area contributed by atoms with Gasteiger partial charge in [-0.15, -0.1) is 6.58 Å². The maximum absolute atomic E-state index is 11.0. The van der Waals surface area contributed by atoms with Gasteiger partial charge in [0.15, 0.2) is 0 Å². The summed E-state index contributed by atoms with van der Waals surface area (Å²) in [6, 6.07) is 7.59. The van der Waals surface area contributed by atoms with E-state index in [4.69, 9.17) is 9.84 Å². The van der Waals surface area contributed by atoms with Crippen molar-refractivity contribution in [3.63, 3.8) is 0 Å². The highest BCUT2D eigenvalue weighted by molar-refractivity contribution is 5.73. The van der Waals surface area contributed by atoms with E-state index in [-0.39, 0.29) is 6.61 Å². The first-order chi connectivity index (χ1) is 7.97. The van der Waals surface area contributed by atoms with Crippen molar-refractivity contribution in [3.8, 4) is 5.75 Å². The van der Waals surface area contributed by atoms with Crippen LogP contribution in [0.5, 0.6) is 5.75 Å². The number of allylic oxidation sites excluding steroid dienone is 1. The zero-order valence-corrected chi connectivity index (χ0v) is 10.3. The van der Waals surface area contributed by atoms with Crippen LogP contribution in [-0.2, 0) is 11.2 Å². The number of aliphatic carboxylic acids is 1. The lowest BCUT2D eigenvalue weighted by Crippen LogP contribution is -2.30. The van der Waals surface area contributed by atoms with Gasteiger partial charge in [-0.2, -0.15) is 0 Å². The molecular weight excluding hydrogens is 216 g/mol. The highest BCUT2D eigenvalue weighted by Crippen LogP contribution is 2.22. The zero-order valence-electron chi connectivity index (χ0n) is 10.3. The number of hydrogen-bond acceptors (Lipinski definition) is 2. The molecule has 0 aliphatic carbocycles. The van der Waals surface area contributed by atoms with Crippen LogP contribution in [0.4, 0.5) is 0 Å². The van der Waals surface area contributed by atoms with Crippen LogP contribution in [0, 0.1) is 5.41 Å². The molecule has 0 aliphatic rings. The maximum atomic E-state index is 11.0. The van der Waals surface area contributed by atoms with Gasteiger partial charge in [-0.1, -0.05) is 24.3 Å². The van der Waals surface area contributed by atoms with Gasteiger partial charge in [0.2, 0.25) is 0 Å². The molecule has 3 heteroatoms. The summed E-state index contributed by atoms with van der Waals surface area (Å²) in [5, 5.41) is 9.00. The summed E-state index contributed by atoms with van der Waals surface area (Å²) in [5.74, 6) is -0.138. The Morgan fingerprint density at radius 1 is 1.47 bits per heavy atom. The molecule has 17 heavy (non-hydrogen) atoms. The van der Waals surface area contributed by atoms with E-state index < -0.39 is 11.4 Å². The first-order valence-electron chi connectivity index (χ1n) is 5.52. The Morgan fingerprint density at radius 3 is 2.71 bits per heavy atom. The third-order valence-electron chi connectivity index (χ3n) is 2.50. The van der Waals surface area contributed by atoms with Gasteiger partial charge >= 0.3 is 5.97 Å². The Labute approximate surface area is 102 Å². The fourth-order valence-electron chi connectivity index (χ4n) is 1.29. The second-order valence-corrected chi connectivity index (χ2v) is 4.58. The normalized spacial score (nSPS) is 10.9. The molecular formula is C14H18O3. The standard InChI is InChI=1S/C14H18O3/c1-4-7-11-8-5-6-9-12(11)17-10-14(2,3)13(15)16/h4-6,8-9H,1,7,10H2,2-3H3,(H,15,16). The number of hydrogen-bond donors (Lipinski definition) is 1. The van der Waals surface area contributed by atoms with Crippen molar-refractivity contribution in [1.82, 2.24) is 0 Å². The van der Waals surface area contributed by atoms with Crippen molar-refractivity contribution in [2.45, 2.75) is 20.3 Å². The van der Waals surface area contributed by atoms with Crippen LogP contribution in [0.15, 0.2) is 36.9 Å². The van der Waals surface area contributed by atoms with Crippen molar-refractivity contribution >= 4 is 5.97 Å². The van der Waals surface area contributed by atoms with Crippen molar-refractivity contribution in [2.24, 2.45) is 5.41 Å². The third-order valence-corrected chi connectivity index (χ3v) is 2.50. The fraction of sp³-hybridized carbons (Fsp3) is 0.357. The molecule has 1 rings (SSSR count). The Hall–Kier alpha value is -1.77. The van der Waals surface area contributed by atoms with E-state index in [1.165, 1.54) is 0 Å². The molecule has 1 aromatic carbocycles. The van der Waals surface area contributed by atoms with Crippen molar-refractivity contribution in [3.05, 3.63) is 42.5 Å². The summed E-state index contributed by atoms with van der Waals surface area (Å²) in [7, 11) is 0. The Morgan fingerprint density at radius 2 is 2.12 bits per heavy atom. The SMILES string of the molecule is C=CCc1ccccc1OCC(C)(C)C(=O)O. The molecule has 0 aromatic heterocycles. The summed E-state index contributed by atoms with van der Waals surface area (Å²) < 4.78 is 5.59. The van der Waals surface area contributed by atoms with Crippen LogP contribution in [-0.4, -0.2) is 17.7 Å². The lowest BCUT2D eigenvalue weighted by Gasteiger charge is -2.20. The lowest BCUT2D eigenvalue weighted by atomic mass is 9.95. The smallest absolute Gasteiger partial charge is 0.312 e. The van der Waals surface area contributed by atoms with Gasteiger partial charge in [0.05, 0.1) is 5.41 Å². The Kier molecular flexibility index (Phi) is 4.32.